The van der Waals surface area contributed by atoms with Crippen LogP contribution >= 0.6 is 23.2 Å². The fourth-order valence-corrected chi connectivity index (χ4v) is 2.51. The van der Waals surface area contributed by atoms with E-state index in [1.807, 2.05) is 30.3 Å². The maximum atomic E-state index is 12.6. The van der Waals surface area contributed by atoms with Crippen molar-refractivity contribution in [3.05, 3.63) is 76.0 Å². The van der Waals surface area contributed by atoms with Gasteiger partial charge < -0.3 is 0 Å². The van der Waals surface area contributed by atoms with Gasteiger partial charge in [-0.3, -0.25) is 4.79 Å². The van der Waals surface area contributed by atoms with Gasteiger partial charge in [0, 0.05) is 15.6 Å². The third-order valence-corrected chi connectivity index (χ3v) is 3.34. The lowest BCUT2D eigenvalue weighted by molar-refractivity contribution is 0.103. The van der Waals surface area contributed by atoms with Gasteiger partial charge in [-0.25, -0.2) is 4.68 Å². The summed E-state index contributed by atoms with van der Waals surface area (Å²) in [7, 11) is 0. The number of hydrogen-bond acceptors (Lipinski definition) is 3. The van der Waals surface area contributed by atoms with Crippen LogP contribution in [0.5, 0.6) is 0 Å². The van der Waals surface area contributed by atoms with Crippen LogP contribution in [0.15, 0.2) is 54.7 Å². The molecule has 6 heteroatoms. The summed E-state index contributed by atoms with van der Waals surface area (Å²) in [5.41, 5.74) is 1.50. The second-order valence-corrected chi connectivity index (χ2v) is 5.23. The number of nitrogens with zero attached hydrogens (tertiary/aromatic N) is 3. The first-order chi connectivity index (χ1) is 10.1. The van der Waals surface area contributed by atoms with E-state index < -0.39 is 0 Å². The molecule has 0 spiro atoms. The lowest BCUT2D eigenvalue weighted by Gasteiger charge is -2.06. The lowest BCUT2D eigenvalue weighted by atomic mass is 10.1. The molecule has 0 fully saturated rings. The molecule has 0 bridgehead atoms. The number of benzene rings is 2. The van der Waals surface area contributed by atoms with Gasteiger partial charge in [-0.05, 0) is 30.3 Å². The summed E-state index contributed by atoms with van der Waals surface area (Å²) >= 11 is 11.9. The Morgan fingerprint density at radius 3 is 2.33 bits per heavy atom. The number of halogens is 2. The summed E-state index contributed by atoms with van der Waals surface area (Å²) in [6.07, 6.45) is 1.42. The highest BCUT2D eigenvalue weighted by Crippen LogP contribution is 2.21. The Morgan fingerprint density at radius 2 is 1.67 bits per heavy atom. The Kier molecular flexibility index (Phi) is 3.73. The van der Waals surface area contributed by atoms with Gasteiger partial charge in [0.05, 0.1) is 11.9 Å². The van der Waals surface area contributed by atoms with E-state index in [0.717, 1.165) is 5.69 Å². The SMILES string of the molecule is O=C(c1cc(Cl)cc(Cl)c1)c1cnnn1-c1ccccc1. The Bertz CT molecular complexity index is 779. The molecule has 104 valence electrons. The molecule has 0 radical (unpaired) electrons. The molecule has 0 aliphatic heterocycles. The zero-order chi connectivity index (χ0) is 14.8. The lowest BCUT2D eigenvalue weighted by Crippen LogP contribution is -2.10. The van der Waals surface area contributed by atoms with Crippen LogP contribution in [-0.4, -0.2) is 20.8 Å². The molecule has 1 aromatic heterocycles. The number of ketones is 1. The van der Waals surface area contributed by atoms with Crippen LogP contribution in [0.25, 0.3) is 5.69 Å². The smallest absolute Gasteiger partial charge is 0.213 e. The van der Waals surface area contributed by atoms with E-state index in [4.69, 9.17) is 23.2 Å². The van der Waals surface area contributed by atoms with Crippen LogP contribution in [0.4, 0.5) is 0 Å². The van der Waals surface area contributed by atoms with Crippen molar-refractivity contribution in [3.63, 3.8) is 0 Å². The van der Waals surface area contributed by atoms with Gasteiger partial charge in [0.2, 0.25) is 5.78 Å². The maximum Gasteiger partial charge on any atom is 0.213 e. The van der Waals surface area contributed by atoms with Gasteiger partial charge in [0.15, 0.2) is 0 Å². The van der Waals surface area contributed by atoms with Gasteiger partial charge in [0.1, 0.15) is 5.69 Å². The molecule has 0 unspecified atom stereocenters. The van der Waals surface area contributed by atoms with Crippen LogP contribution in [0.3, 0.4) is 0 Å². The minimum absolute atomic E-state index is 0.242. The second kappa shape index (κ2) is 5.68. The summed E-state index contributed by atoms with van der Waals surface area (Å²) in [5.74, 6) is -0.242. The molecular formula is C15H9Cl2N3O. The molecular weight excluding hydrogens is 309 g/mol. The summed E-state index contributed by atoms with van der Waals surface area (Å²) in [6, 6.07) is 14.0. The molecule has 0 saturated heterocycles. The highest BCUT2D eigenvalue weighted by molar-refractivity contribution is 6.35. The van der Waals surface area contributed by atoms with E-state index in [1.54, 1.807) is 18.2 Å². The number of rotatable bonds is 3. The maximum absolute atomic E-state index is 12.6. The highest BCUT2D eigenvalue weighted by Gasteiger charge is 2.17. The standard InChI is InChI=1S/C15H9Cl2N3O/c16-11-6-10(7-12(17)8-11)15(21)14-9-18-19-20(14)13-4-2-1-3-5-13/h1-9H. The fraction of sp³-hybridized carbons (Fsp3) is 0. The van der Waals surface area contributed by atoms with Crippen molar-refractivity contribution < 1.29 is 4.79 Å². The van der Waals surface area contributed by atoms with Gasteiger partial charge in [-0.15, -0.1) is 5.10 Å². The van der Waals surface area contributed by atoms with Crippen molar-refractivity contribution in [3.8, 4) is 5.69 Å². The number of para-hydroxylation sites is 1. The zero-order valence-corrected chi connectivity index (χ0v) is 12.2. The van der Waals surface area contributed by atoms with Crippen molar-refractivity contribution in [2.75, 3.05) is 0 Å². The molecule has 0 aliphatic rings. The minimum Gasteiger partial charge on any atom is -0.287 e. The van der Waals surface area contributed by atoms with Crippen molar-refractivity contribution in [1.82, 2.24) is 15.0 Å². The number of carbonyl (C=O) groups is 1. The number of aromatic nitrogens is 3. The van der Waals surface area contributed by atoms with Crippen molar-refractivity contribution in [2.24, 2.45) is 0 Å². The van der Waals surface area contributed by atoms with Crippen molar-refractivity contribution >= 4 is 29.0 Å². The first-order valence-corrected chi connectivity index (χ1v) is 6.87. The third-order valence-electron chi connectivity index (χ3n) is 2.91. The van der Waals surface area contributed by atoms with E-state index in [2.05, 4.69) is 10.3 Å². The second-order valence-electron chi connectivity index (χ2n) is 4.35. The quantitative estimate of drug-likeness (QED) is 0.690. The average molecular weight is 318 g/mol. The third kappa shape index (κ3) is 2.82. The number of carbonyl (C=O) groups excluding carboxylic acids is 1. The highest BCUT2D eigenvalue weighted by atomic mass is 35.5. The molecule has 3 rings (SSSR count). The van der Waals surface area contributed by atoms with E-state index in [1.165, 1.54) is 10.9 Å². The minimum atomic E-state index is -0.242. The predicted octanol–water partition coefficient (Wildman–Crippen LogP) is 3.81. The van der Waals surface area contributed by atoms with Gasteiger partial charge >= 0.3 is 0 Å². The van der Waals surface area contributed by atoms with Gasteiger partial charge in [-0.1, -0.05) is 46.6 Å². The predicted molar refractivity (Wildman–Crippen MR) is 81.3 cm³/mol. The first kappa shape index (κ1) is 13.8. The number of hydrogen-bond donors (Lipinski definition) is 0. The van der Waals surface area contributed by atoms with E-state index >= 15 is 0 Å². The van der Waals surface area contributed by atoms with Crippen molar-refractivity contribution in [1.29, 1.82) is 0 Å². The molecule has 0 atom stereocenters. The summed E-state index contributed by atoms with van der Waals surface area (Å²) in [6.45, 7) is 0. The van der Waals surface area contributed by atoms with Crippen LogP contribution in [0.1, 0.15) is 16.1 Å². The topological polar surface area (TPSA) is 47.8 Å². The van der Waals surface area contributed by atoms with Gasteiger partial charge in [0.25, 0.3) is 0 Å². The molecule has 0 N–H and O–H groups in total. The first-order valence-electron chi connectivity index (χ1n) is 6.12. The molecule has 2 aromatic carbocycles. The Balaban J connectivity index is 2.06. The van der Waals surface area contributed by atoms with Crippen LogP contribution in [0, 0.1) is 0 Å². The summed E-state index contributed by atoms with van der Waals surface area (Å²) in [4.78, 5) is 12.6. The zero-order valence-electron chi connectivity index (χ0n) is 10.7. The van der Waals surface area contributed by atoms with Gasteiger partial charge in [-0.2, -0.15) is 0 Å². The Morgan fingerprint density at radius 1 is 1.00 bits per heavy atom. The average Bonchev–Trinajstić information content (AvgIpc) is 2.95. The molecule has 21 heavy (non-hydrogen) atoms. The van der Waals surface area contributed by atoms with E-state index in [-0.39, 0.29) is 5.78 Å². The molecule has 3 aromatic rings. The largest absolute Gasteiger partial charge is 0.287 e. The monoisotopic (exact) mass is 317 g/mol. The fourth-order valence-electron chi connectivity index (χ4n) is 1.98. The Labute approximate surface area is 130 Å². The Hall–Kier alpha value is -2.17. The van der Waals surface area contributed by atoms with Crippen LogP contribution in [-0.2, 0) is 0 Å². The molecule has 0 aliphatic carbocycles. The molecule has 1 heterocycles. The van der Waals surface area contributed by atoms with Crippen LogP contribution < -0.4 is 0 Å². The van der Waals surface area contributed by atoms with E-state index in [0.29, 0.717) is 21.3 Å². The van der Waals surface area contributed by atoms with Crippen LogP contribution in [0.2, 0.25) is 10.0 Å². The molecule has 0 amide bonds. The normalized spacial score (nSPS) is 10.6. The molecule has 0 saturated carbocycles. The molecule has 4 nitrogen and oxygen atoms in total. The van der Waals surface area contributed by atoms with E-state index in [9.17, 15) is 4.79 Å². The summed E-state index contributed by atoms with van der Waals surface area (Å²) < 4.78 is 1.48. The van der Waals surface area contributed by atoms with Crippen molar-refractivity contribution in [2.45, 2.75) is 0 Å². The summed E-state index contributed by atoms with van der Waals surface area (Å²) in [5, 5.41) is 8.59.